The lowest BCUT2D eigenvalue weighted by atomic mass is 10.1. The Balaban J connectivity index is 2.09. The fourth-order valence-electron chi connectivity index (χ4n) is 2.39. The molecule has 0 spiro atoms. The van der Waals surface area contributed by atoms with E-state index in [1.54, 1.807) is 0 Å². The highest BCUT2D eigenvalue weighted by atomic mass is 16.3. The molecule has 0 aliphatic heterocycles. The Labute approximate surface area is 147 Å². The number of aryl methyl sites for hydroxylation is 1. The van der Waals surface area contributed by atoms with E-state index in [4.69, 9.17) is 0 Å². The van der Waals surface area contributed by atoms with E-state index < -0.39 is 5.54 Å². The van der Waals surface area contributed by atoms with Crippen molar-refractivity contribution in [1.82, 2.24) is 15.2 Å². The molecule has 0 fully saturated rings. The molecular weight excluding hydrogens is 312 g/mol. The average Bonchev–Trinajstić information content (AvgIpc) is 2.63. The Kier molecular flexibility index (Phi) is 4.76. The zero-order valence-corrected chi connectivity index (χ0v) is 14.7. The van der Waals surface area contributed by atoms with Gasteiger partial charge in [0.05, 0.1) is 12.1 Å². The lowest BCUT2D eigenvalue weighted by Crippen LogP contribution is -2.35. The van der Waals surface area contributed by atoms with Crippen molar-refractivity contribution in [2.45, 2.75) is 26.3 Å². The summed E-state index contributed by atoms with van der Waals surface area (Å²) in [6, 6.07) is 17.8. The van der Waals surface area contributed by atoms with E-state index in [9.17, 15) is 5.11 Å². The minimum atomic E-state index is -0.524. The van der Waals surface area contributed by atoms with Crippen LogP contribution in [0.15, 0.2) is 54.6 Å². The van der Waals surface area contributed by atoms with Gasteiger partial charge in [0, 0.05) is 11.1 Å². The molecule has 1 aromatic heterocycles. The standard InChI is InChI=1S/C20H22N4O/c1-14-9-11-15(12-10-14)17-19(22-20(2,3)13-25)21-18(24-23-17)16-7-5-4-6-8-16/h4-12,25H,13H2,1-3H3,(H,21,22,24). The summed E-state index contributed by atoms with van der Waals surface area (Å²) in [5.41, 5.74) is 3.15. The third-order valence-electron chi connectivity index (χ3n) is 3.90. The van der Waals surface area contributed by atoms with Gasteiger partial charge in [-0.1, -0.05) is 60.2 Å². The number of rotatable bonds is 5. The summed E-state index contributed by atoms with van der Waals surface area (Å²) in [6.45, 7) is 5.84. The summed E-state index contributed by atoms with van der Waals surface area (Å²) >= 11 is 0. The van der Waals surface area contributed by atoms with Crippen LogP contribution in [0.3, 0.4) is 0 Å². The fourth-order valence-corrected chi connectivity index (χ4v) is 2.39. The van der Waals surface area contributed by atoms with Crippen LogP contribution in [-0.2, 0) is 0 Å². The summed E-state index contributed by atoms with van der Waals surface area (Å²) < 4.78 is 0. The smallest absolute Gasteiger partial charge is 0.183 e. The molecule has 1 heterocycles. The first-order chi connectivity index (χ1) is 12.0. The molecule has 0 bridgehead atoms. The average molecular weight is 334 g/mol. The molecule has 0 radical (unpaired) electrons. The van der Waals surface area contributed by atoms with Gasteiger partial charge in [0.1, 0.15) is 5.69 Å². The monoisotopic (exact) mass is 334 g/mol. The number of aromatic nitrogens is 3. The third kappa shape index (κ3) is 4.00. The van der Waals surface area contributed by atoms with Crippen molar-refractivity contribution in [2.24, 2.45) is 0 Å². The van der Waals surface area contributed by atoms with Crippen LogP contribution in [0.4, 0.5) is 5.82 Å². The highest BCUT2D eigenvalue weighted by Gasteiger charge is 2.21. The third-order valence-corrected chi connectivity index (χ3v) is 3.90. The second-order valence-electron chi connectivity index (χ2n) is 6.73. The lowest BCUT2D eigenvalue weighted by Gasteiger charge is -2.25. The van der Waals surface area contributed by atoms with E-state index >= 15 is 0 Å². The van der Waals surface area contributed by atoms with Crippen LogP contribution in [0.5, 0.6) is 0 Å². The number of aliphatic hydroxyl groups is 1. The first-order valence-corrected chi connectivity index (χ1v) is 8.25. The summed E-state index contributed by atoms with van der Waals surface area (Å²) in [5, 5.41) is 21.6. The summed E-state index contributed by atoms with van der Waals surface area (Å²) in [6.07, 6.45) is 0. The van der Waals surface area contributed by atoms with Crippen LogP contribution in [0, 0.1) is 6.92 Å². The van der Waals surface area contributed by atoms with Crippen LogP contribution in [-0.4, -0.2) is 32.4 Å². The first kappa shape index (κ1) is 17.0. The highest BCUT2D eigenvalue weighted by molar-refractivity contribution is 5.73. The van der Waals surface area contributed by atoms with Gasteiger partial charge in [-0.15, -0.1) is 10.2 Å². The summed E-state index contributed by atoms with van der Waals surface area (Å²) in [4.78, 5) is 4.68. The van der Waals surface area contributed by atoms with Gasteiger partial charge >= 0.3 is 0 Å². The molecule has 128 valence electrons. The molecular formula is C20H22N4O. The molecule has 0 atom stereocenters. The summed E-state index contributed by atoms with van der Waals surface area (Å²) in [7, 11) is 0. The maximum absolute atomic E-state index is 9.61. The zero-order valence-electron chi connectivity index (χ0n) is 14.7. The molecule has 3 aromatic rings. The minimum Gasteiger partial charge on any atom is -0.394 e. The van der Waals surface area contributed by atoms with Crippen molar-refractivity contribution in [3.8, 4) is 22.6 Å². The number of nitrogens with one attached hydrogen (secondary N) is 1. The first-order valence-electron chi connectivity index (χ1n) is 8.25. The van der Waals surface area contributed by atoms with Gasteiger partial charge in [-0.3, -0.25) is 0 Å². The van der Waals surface area contributed by atoms with Crippen molar-refractivity contribution >= 4 is 5.82 Å². The molecule has 5 heteroatoms. The van der Waals surface area contributed by atoms with E-state index in [0.717, 1.165) is 11.1 Å². The molecule has 0 saturated heterocycles. The Morgan fingerprint density at radius 3 is 2.24 bits per heavy atom. The molecule has 0 unspecified atom stereocenters. The van der Waals surface area contributed by atoms with Crippen molar-refractivity contribution in [3.63, 3.8) is 0 Å². The van der Waals surface area contributed by atoms with Crippen LogP contribution >= 0.6 is 0 Å². The van der Waals surface area contributed by atoms with E-state index in [1.807, 2.05) is 75.4 Å². The number of benzene rings is 2. The lowest BCUT2D eigenvalue weighted by molar-refractivity contribution is 0.234. The van der Waals surface area contributed by atoms with Crippen molar-refractivity contribution in [2.75, 3.05) is 11.9 Å². The highest BCUT2D eigenvalue weighted by Crippen LogP contribution is 2.28. The van der Waals surface area contributed by atoms with Crippen LogP contribution in [0.2, 0.25) is 0 Å². The molecule has 2 aromatic carbocycles. The van der Waals surface area contributed by atoms with E-state index in [2.05, 4.69) is 20.5 Å². The number of hydrogen-bond donors (Lipinski definition) is 2. The number of anilines is 1. The minimum absolute atomic E-state index is 0.0228. The molecule has 0 amide bonds. The fraction of sp³-hybridized carbons (Fsp3) is 0.250. The normalized spacial score (nSPS) is 11.4. The van der Waals surface area contributed by atoms with E-state index in [-0.39, 0.29) is 6.61 Å². The summed E-state index contributed by atoms with van der Waals surface area (Å²) in [5.74, 6) is 1.16. The Bertz CT molecular complexity index is 845. The molecule has 2 N–H and O–H groups in total. The molecule has 0 saturated carbocycles. The van der Waals surface area contributed by atoms with Gasteiger partial charge in [-0.2, -0.15) is 0 Å². The molecule has 0 aliphatic carbocycles. The Hall–Kier alpha value is -2.79. The van der Waals surface area contributed by atoms with Gasteiger partial charge in [-0.25, -0.2) is 4.98 Å². The van der Waals surface area contributed by atoms with Crippen molar-refractivity contribution in [3.05, 3.63) is 60.2 Å². The second kappa shape index (κ2) is 6.99. The van der Waals surface area contributed by atoms with Crippen molar-refractivity contribution in [1.29, 1.82) is 0 Å². The van der Waals surface area contributed by atoms with Gasteiger partial charge < -0.3 is 10.4 Å². The van der Waals surface area contributed by atoms with Gasteiger partial charge in [-0.05, 0) is 20.8 Å². The predicted molar refractivity (Wildman–Crippen MR) is 100 cm³/mol. The van der Waals surface area contributed by atoms with Gasteiger partial charge in [0.25, 0.3) is 0 Å². The van der Waals surface area contributed by atoms with Crippen molar-refractivity contribution < 1.29 is 5.11 Å². The maximum Gasteiger partial charge on any atom is 0.183 e. The van der Waals surface area contributed by atoms with Crippen LogP contribution < -0.4 is 5.32 Å². The number of aliphatic hydroxyl groups excluding tert-OH is 1. The topological polar surface area (TPSA) is 70.9 Å². The molecule has 3 rings (SSSR count). The SMILES string of the molecule is Cc1ccc(-c2nnc(-c3ccccc3)nc2NC(C)(C)CO)cc1. The predicted octanol–water partition coefficient (Wildman–Crippen LogP) is 3.70. The van der Waals surface area contributed by atoms with Crippen LogP contribution in [0.25, 0.3) is 22.6 Å². The van der Waals surface area contributed by atoms with Gasteiger partial charge in [0.2, 0.25) is 0 Å². The number of nitrogens with zero attached hydrogens (tertiary/aromatic N) is 3. The Morgan fingerprint density at radius 1 is 0.920 bits per heavy atom. The maximum atomic E-state index is 9.61. The van der Waals surface area contributed by atoms with E-state index in [0.29, 0.717) is 17.3 Å². The quantitative estimate of drug-likeness (QED) is 0.744. The molecule has 25 heavy (non-hydrogen) atoms. The molecule has 5 nitrogen and oxygen atoms in total. The number of hydrogen-bond acceptors (Lipinski definition) is 5. The second-order valence-corrected chi connectivity index (χ2v) is 6.73. The molecule has 0 aliphatic rings. The van der Waals surface area contributed by atoms with E-state index in [1.165, 1.54) is 5.56 Å². The Morgan fingerprint density at radius 2 is 1.60 bits per heavy atom. The zero-order chi connectivity index (χ0) is 17.9. The largest absolute Gasteiger partial charge is 0.394 e. The van der Waals surface area contributed by atoms with Gasteiger partial charge in [0.15, 0.2) is 11.6 Å². The van der Waals surface area contributed by atoms with Crippen LogP contribution in [0.1, 0.15) is 19.4 Å².